The predicted molar refractivity (Wildman–Crippen MR) is 356 cm³/mol. The number of carbonyl (C=O) groups excluding carboxylic acids is 4. The van der Waals surface area contributed by atoms with Crippen LogP contribution in [0.1, 0.15) is 109 Å². The third kappa shape index (κ3) is 42.0. The number of amides is 1. The number of nitrogens with two attached hydrogens (primary N) is 5. The minimum absolute atomic E-state index is 0. The summed E-state index contributed by atoms with van der Waals surface area (Å²) in [6, 6.07) is -0.0578. The molecule has 1 amide bonds. The maximum atomic E-state index is 11.3. The summed E-state index contributed by atoms with van der Waals surface area (Å²) in [6.07, 6.45) is 5.80. The van der Waals surface area contributed by atoms with Crippen molar-refractivity contribution in [2.45, 2.75) is 93.2 Å². The minimum atomic E-state index is -1.14. The molecule has 0 aromatic carbocycles. The van der Waals surface area contributed by atoms with Crippen molar-refractivity contribution in [3.63, 3.8) is 0 Å². The van der Waals surface area contributed by atoms with Crippen LogP contribution in [0.15, 0.2) is 47.9 Å². The molecule has 1 saturated heterocycles. The monoisotopic (exact) mass is 1390 g/mol. The van der Waals surface area contributed by atoms with Crippen LogP contribution in [0.2, 0.25) is 0 Å². The predicted octanol–water partition coefficient (Wildman–Crippen LogP) is 3.97. The van der Waals surface area contributed by atoms with Gasteiger partial charge in [0.05, 0.1) is 107 Å². The fourth-order valence-corrected chi connectivity index (χ4v) is 17.6. The van der Waals surface area contributed by atoms with Crippen molar-refractivity contribution in [2.24, 2.45) is 38.1 Å². The van der Waals surface area contributed by atoms with Gasteiger partial charge in [-0.05, 0) is 123 Å². The average Bonchev–Trinajstić information content (AvgIpc) is 3.62. The Kier molecular flexibility index (Phi) is 60.0. The van der Waals surface area contributed by atoms with Gasteiger partial charge in [0.1, 0.15) is 30.9 Å². The first-order chi connectivity index (χ1) is 36.8. The van der Waals surface area contributed by atoms with Gasteiger partial charge in [-0.25, -0.2) is 29.5 Å². The summed E-state index contributed by atoms with van der Waals surface area (Å²) >= 11 is 29.2. The van der Waals surface area contributed by atoms with Crippen LogP contribution >= 0.6 is 83.3 Å². The number of primary amides is 1. The first kappa shape index (κ1) is 89.7. The molecule has 4 aromatic heterocycles. The van der Waals surface area contributed by atoms with Gasteiger partial charge in [-0.15, -0.1) is 61.4 Å². The number of ether oxygens (including phenoxy) is 2. The van der Waals surface area contributed by atoms with Crippen molar-refractivity contribution >= 4 is 210 Å². The van der Waals surface area contributed by atoms with Gasteiger partial charge in [0, 0.05) is 31.5 Å². The number of aliphatic hydroxyl groups is 3. The number of esters is 2. The van der Waals surface area contributed by atoms with Crippen molar-refractivity contribution in [3.05, 3.63) is 101 Å². The van der Waals surface area contributed by atoms with Gasteiger partial charge in [0.15, 0.2) is 17.1 Å². The maximum absolute atomic E-state index is 11.3. The number of Topliss-reactive ketones (excluding diaryl/α,β-unsaturated/α-hetero) is 1. The van der Waals surface area contributed by atoms with Gasteiger partial charge < -0.3 is 54.9 Å². The number of halogens is 1. The first-order valence-electron chi connectivity index (χ1n) is 21.6. The Balaban J connectivity index is -0.000000159. The average molecular weight is 1390 g/mol. The summed E-state index contributed by atoms with van der Waals surface area (Å²) in [5.41, 5.74) is 29.0. The zero-order chi connectivity index (χ0) is 60.5. The summed E-state index contributed by atoms with van der Waals surface area (Å²) in [7, 11) is 6.83. The zero-order valence-electron chi connectivity index (χ0n) is 46.0. The fraction of sp³-hybridized carbons (Fsp3) is 0.409. The number of alkyl halides is 1. The molecule has 0 bridgehead atoms. The molecule has 0 saturated carbocycles. The van der Waals surface area contributed by atoms with Crippen LogP contribution in [-0.2, 0) is 106 Å². The molecule has 21 nitrogen and oxygen atoms in total. The van der Waals surface area contributed by atoms with Gasteiger partial charge >= 0.3 is 30.8 Å². The zero-order valence-corrected chi connectivity index (χ0v) is 57.6. The van der Waals surface area contributed by atoms with E-state index < -0.39 is 17.3 Å². The number of hydrogen-bond acceptors (Lipinski definition) is 24. The van der Waals surface area contributed by atoms with E-state index in [0.29, 0.717) is 28.7 Å². The van der Waals surface area contributed by atoms with Crippen molar-refractivity contribution in [1.29, 1.82) is 0 Å². The molecule has 3 atom stereocenters. The van der Waals surface area contributed by atoms with E-state index in [4.69, 9.17) is 54.6 Å². The van der Waals surface area contributed by atoms with Crippen LogP contribution in [0.3, 0.4) is 0 Å². The summed E-state index contributed by atoms with van der Waals surface area (Å²) in [4.78, 5) is 66.1. The molecule has 4 aromatic rings. The number of ketones is 1. The Labute approximate surface area is 552 Å². The second-order valence-corrected chi connectivity index (χ2v) is 28.8. The molecule has 445 valence electrons. The van der Waals surface area contributed by atoms with Crippen molar-refractivity contribution < 1.29 is 64.3 Å². The first-order valence-corrected chi connectivity index (χ1v) is 34.6. The molecular formula is C44H68AlClLiN12O9P2S11. The van der Waals surface area contributed by atoms with E-state index >= 15 is 0 Å². The molecule has 37 heteroatoms. The summed E-state index contributed by atoms with van der Waals surface area (Å²) in [6.45, 7) is 27.6. The molecule has 81 heavy (non-hydrogen) atoms. The Hall–Kier alpha value is -2.50. The number of rotatable bonds is 18. The topological polar surface area (TPSA) is 357 Å². The number of aliphatic imine (C=N–C) groups is 1. The fourth-order valence-electron chi connectivity index (χ4n) is 4.20. The molecule has 5 heterocycles. The van der Waals surface area contributed by atoms with E-state index in [9.17, 15) is 19.2 Å². The molecule has 13 N–H and O–H groups in total. The van der Waals surface area contributed by atoms with Gasteiger partial charge in [-0.3, -0.25) is 19.6 Å². The Morgan fingerprint density at radius 2 is 1.33 bits per heavy atom. The van der Waals surface area contributed by atoms with Gasteiger partial charge in [-0.2, -0.15) is 0 Å². The molecule has 1 aliphatic rings. The van der Waals surface area contributed by atoms with Crippen LogP contribution in [0, 0.1) is 27.7 Å². The van der Waals surface area contributed by atoms with E-state index in [1.807, 2.05) is 20.8 Å². The summed E-state index contributed by atoms with van der Waals surface area (Å²) in [5.74, 6) is -1.83. The number of guanidine groups is 1. The summed E-state index contributed by atoms with van der Waals surface area (Å²) < 4.78 is 13.0. The minimum Gasteiger partial charge on any atom is -1.00 e. The Bertz CT molecular complexity index is 2780. The van der Waals surface area contributed by atoms with Gasteiger partial charge in [-0.1, -0.05) is 46.0 Å². The number of thiazole rings is 4. The number of aliphatic hydroxyl groups excluding tert-OH is 3. The maximum Gasteiger partial charge on any atom is 1.00 e. The van der Waals surface area contributed by atoms with Crippen LogP contribution in [0.4, 0.5) is 0 Å². The molecule has 0 aliphatic carbocycles. The van der Waals surface area contributed by atoms with Gasteiger partial charge in [0.25, 0.3) is 0 Å². The number of aryl methyl sites for hydroxylation is 4. The molecule has 3 radical (unpaired) electrons. The largest absolute Gasteiger partial charge is 1.00 e. The number of thiocarbonyl (C=S) groups is 1. The second-order valence-electron chi connectivity index (χ2n) is 13.7. The number of hydrogen-bond donors (Lipinski definition) is 8. The smallest absolute Gasteiger partial charge is 1.00 e. The third-order valence-electron chi connectivity index (χ3n) is 7.92. The molecule has 1 fully saturated rings. The molecule has 3 unspecified atom stereocenters. The van der Waals surface area contributed by atoms with Crippen molar-refractivity contribution in [2.75, 3.05) is 26.3 Å². The standard InChI is InChI=1S/C9H11NO2S.C8H15N5OS.C7H9N3OS2.C7H9NOS.C6H9ClO3.C3H5NO.C3H5NS.CH4.Al.Li.P2S5.H/c1-4-7-10-6(3)8(13-7)9(11)12-5-2;1-4-6(3-14)15-7(13-4)5(9)2-12-8(10)11;1-4-6(3-11)13-7(8-4)5-2-10(5)9-12;1-3-7-8-5(2)6(4-9)10-7;1-3-10-6(9)5(7)4(2)8;2*1-2-3(4)5;;;;3-1-2-5-7-6-4;/h4H,1,5H2,2-3H3;5,14H,2-3,9H2,1H3,(H4,10,11,12);5,11H,2-3H2,1H3;3,9H,1,4H2,2H3;5H,3H2,1-2H3;2*2H,1H2,(H2,4,5);1H4;;;;/q;;;;;;;;;+1;;-1. The van der Waals surface area contributed by atoms with E-state index in [0.717, 1.165) is 71.4 Å². The van der Waals surface area contributed by atoms with Gasteiger partial charge in [0.2, 0.25) is 5.91 Å². The Morgan fingerprint density at radius 1 is 0.864 bits per heavy atom. The SMILES string of the molecule is C.C=CC(N)=O.C=CC(N)=S.C=Cc1nc(C)c(C(=O)OCC)s1.C=Cc1nc(C)c(CO)s1.CCOC(=O)C(Cl)C(C)=O.Cc1nc(C(N)CN=C(N)N)sc1CO.Cc1nc(C2CN2N=S)sc1CO.S=PP=S=S=S=S.[Al].[H-].[Li+]. The molecular weight excluding hydrogens is 1320 g/mol. The van der Waals surface area contributed by atoms with Crippen LogP contribution in [0.5, 0.6) is 0 Å². The quantitative estimate of drug-likeness (QED) is 0.00667. The summed E-state index contributed by atoms with van der Waals surface area (Å²) in [5, 5.41) is 30.8. The molecule has 1 aliphatic heterocycles. The number of aromatic nitrogens is 4. The third-order valence-corrected chi connectivity index (χ3v) is 23.6. The molecule has 5 rings (SSSR count). The van der Waals surface area contributed by atoms with E-state index in [1.165, 1.54) is 62.9 Å². The normalized spacial score (nSPS) is 11.4. The number of carbonyl (C=O) groups is 4. The number of nitrogens with zero attached hydrogens (tertiary/aromatic N) is 7. The van der Waals surface area contributed by atoms with Crippen LogP contribution in [-0.4, -0.2) is 124 Å². The van der Waals surface area contributed by atoms with E-state index in [-0.39, 0.29) is 101 Å². The van der Waals surface area contributed by atoms with Crippen molar-refractivity contribution in [1.82, 2.24) is 24.9 Å². The Morgan fingerprint density at radius 3 is 1.68 bits per heavy atom. The van der Waals surface area contributed by atoms with Crippen LogP contribution < -0.4 is 47.5 Å². The van der Waals surface area contributed by atoms with Crippen LogP contribution in [0.25, 0.3) is 12.2 Å². The van der Waals surface area contributed by atoms with E-state index in [2.05, 4.69) is 114 Å². The van der Waals surface area contributed by atoms with E-state index in [1.54, 1.807) is 67.6 Å². The second kappa shape index (κ2) is 54.2. The van der Waals surface area contributed by atoms with Crippen molar-refractivity contribution in [3.8, 4) is 0 Å². The molecule has 0 spiro atoms.